The molecule has 2 aromatic heterocycles. The number of nitrogens with zero attached hydrogens (tertiary/aromatic N) is 4. The van der Waals surface area contributed by atoms with Crippen molar-refractivity contribution >= 4 is 28.7 Å². The first-order valence-electron chi connectivity index (χ1n) is 10.6. The standard InChI is InChI=1S/C25H25ClN4O/c1-17-14-29-15-21(12-23(26)25(29)27-17)19-4-3-5-22-7-6-20(16-30(22)24(31)13-19)18-8-10-28(2)11-9-18/h3-7,12-16,18H,8-11H2,1-2H3/b4-3?,19-13?,22-5+. The van der Waals surface area contributed by atoms with Gasteiger partial charge in [0.15, 0.2) is 5.65 Å². The molecule has 0 N–H and O–H groups in total. The largest absolute Gasteiger partial charge is 0.306 e. The van der Waals surface area contributed by atoms with Crippen LogP contribution in [0.4, 0.5) is 0 Å². The van der Waals surface area contributed by atoms with E-state index < -0.39 is 0 Å². The molecule has 0 radical (unpaired) electrons. The maximum atomic E-state index is 13.3. The first-order chi connectivity index (χ1) is 15.0. The number of likely N-dealkylation sites (tertiary alicyclic amines) is 1. The predicted octanol–water partition coefficient (Wildman–Crippen LogP) is 4.76. The van der Waals surface area contributed by atoms with Crippen molar-refractivity contribution in [3.63, 3.8) is 0 Å². The van der Waals surface area contributed by atoms with Gasteiger partial charge in [-0.15, -0.1) is 0 Å². The smallest absolute Gasteiger partial charge is 0.255 e. The first-order valence-corrected chi connectivity index (χ1v) is 11.0. The maximum Gasteiger partial charge on any atom is 0.255 e. The molecule has 3 aliphatic rings. The molecule has 2 aromatic rings. The van der Waals surface area contributed by atoms with E-state index in [0.29, 0.717) is 10.9 Å². The zero-order chi connectivity index (χ0) is 21.5. The lowest BCUT2D eigenvalue weighted by Crippen LogP contribution is -2.32. The zero-order valence-electron chi connectivity index (χ0n) is 17.8. The van der Waals surface area contributed by atoms with Gasteiger partial charge >= 0.3 is 0 Å². The van der Waals surface area contributed by atoms with E-state index in [9.17, 15) is 4.79 Å². The number of hydrogen-bond acceptors (Lipinski definition) is 3. The number of carbonyl (C=O) groups is 1. The maximum absolute atomic E-state index is 13.3. The quantitative estimate of drug-likeness (QED) is 0.687. The summed E-state index contributed by atoms with van der Waals surface area (Å²) < 4.78 is 1.91. The number of fused-ring (bicyclic) bond motifs is 2. The van der Waals surface area contributed by atoms with E-state index in [2.05, 4.69) is 23.0 Å². The lowest BCUT2D eigenvalue weighted by molar-refractivity contribution is -0.122. The van der Waals surface area contributed by atoms with Crippen molar-refractivity contribution in [1.29, 1.82) is 0 Å². The van der Waals surface area contributed by atoms with E-state index in [1.807, 2.05) is 60.3 Å². The number of rotatable bonds is 2. The van der Waals surface area contributed by atoms with Gasteiger partial charge in [-0.3, -0.25) is 9.69 Å². The highest BCUT2D eigenvalue weighted by atomic mass is 35.5. The van der Waals surface area contributed by atoms with Gasteiger partial charge in [0.1, 0.15) is 0 Å². The minimum absolute atomic E-state index is 0.0570. The molecule has 0 aliphatic carbocycles. The monoisotopic (exact) mass is 432 g/mol. The Labute approximate surface area is 187 Å². The summed E-state index contributed by atoms with van der Waals surface area (Å²) in [6.45, 7) is 4.12. The Kier molecular flexibility index (Phi) is 5.16. The summed E-state index contributed by atoms with van der Waals surface area (Å²) in [4.78, 5) is 21.8. The van der Waals surface area contributed by atoms with Crippen LogP contribution in [0.15, 0.2) is 72.4 Å². The van der Waals surface area contributed by atoms with Gasteiger partial charge in [-0.2, -0.15) is 0 Å². The minimum atomic E-state index is -0.0570. The van der Waals surface area contributed by atoms with Crippen LogP contribution in [-0.2, 0) is 4.79 Å². The van der Waals surface area contributed by atoms with Gasteiger partial charge in [-0.25, -0.2) is 4.98 Å². The predicted molar refractivity (Wildman–Crippen MR) is 124 cm³/mol. The van der Waals surface area contributed by atoms with Crippen molar-refractivity contribution in [2.45, 2.75) is 19.8 Å². The average Bonchev–Trinajstić information content (AvgIpc) is 3.13. The molecule has 5 rings (SSSR count). The van der Waals surface area contributed by atoms with Gasteiger partial charge in [-0.1, -0.05) is 29.8 Å². The second-order valence-electron chi connectivity index (χ2n) is 8.49. The van der Waals surface area contributed by atoms with Crippen LogP contribution in [0, 0.1) is 12.8 Å². The summed E-state index contributed by atoms with van der Waals surface area (Å²) in [5.74, 6) is 0.440. The molecule has 0 unspecified atom stereocenters. The molecule has 5 heterocycles. The highest BCUT2D eigenvalue weighted by Gasteiger charge is 2.24. The van der Waals surface area contributed by atoms with E-state index in [1.165, 1.54) is 5.57 Å². The molecule has 31 heavy (non-hydrogen) atoms. The number of piperidine rings is 1. The molecule has 0 saturated carbocycles. The Morgan fingerprint density at radius 1 is 1.13 bits per heavy atom. The van der Waals surface area contributed by atoms with Crippen molar-refractivity contribution in [3.05, 3.63) is 88.7 Å². The third-order valence-corrected chi connectivity index (χ3v) is 6.49. The van der Waals surface area contributed by atoms with Crippen LogP contribution in [0.1, 0.15) is 24.1 Å². The Hall–Kier alpha value is -2.89. The third kappa shape index (κ3) is 3.91. The zero-order valence-corrected chi connectivity index (χ0v) is 18.5. The second kappa shape index (κ2) is 7.98. The summed E-state index contributed by atoms with van der Waals surface area (Å²) in [6.07, 6.45) is 20.0. The van der Waals surface area contributed by atoms with Gasteiger partial charge < -0.3 is 9.30 Å². The molecule has 1 saturated heterocycles. The fourth-order valence-electron chi connectivity index (χ4n) is 4.46. The van der Waals surface area contributed by atoms with E-state index >= 15 is 0 Å². The van der Waals surface area contributed by atoms with E-state index in [1.54, 1.807) is 11.0 Å². The Morgan fingerprint density at radius 3 is 2.74 bits per heavy atom. The fourth-order valence-corrected chi connectivity index (χ4v) is 4.71. The van der Waals surface area contributed by atoms with Crippen LogP contribution in [-0.4, -0.2) is 45.2 Å². The van der Waals surface area contributed by atoms with Gasteiger partial charge in [0.05, 0.1) is 10.7 Å². The molecule has 3 aliphatic heterocycles. The molecular formula is C25H25ClN4O. The van der Waals surface area contributed by atoms with Gasteiger partial charge in [0, 0.05) is 35.9 Å². The number of carbonyl (C=O) groups excluding carboxylic acids is 1. The molecule has 0 aromatic carbocycles. The van der Waals surface area contributed by atoms with Crippen molar-refractivity contribution < 1.29 is 4.79 Å². The topological polar surface area (TPSA) is 40.9 Å². The summed E-state index contributed by atoms with van der Waals surface area (Å²) in [6, 6.07) is 1.87. The number of imidazole rings is 1. The van der Waals surface area contributed by atoms with Crippen molar-refractivity contribution in [2.24, 2.45) is 5.92 Å². The lowest BCUT2D eigenvalue weighted by atomic mass is 9.88. The Balaban J connectivity index is 1.48. The number of halogens is 1. The second-order valence-corrected chi connectivity index (χ2v) is 8.90. The number of pyridine rings is 1. The van der Waals surface area contributed by atoms with Crippen molar-refractivity contribution in [1.82, 2.24) is 19.2 Å². The van der Waals surface area contributed by atoms with Gasteiger partial charge in [0.2, 0.25) is 0 Å². The molecular weight excluding hydrogens is 408 g/mol. The number of aromatic nitrogens is 2. The first kappa shape index (κ1) is 20.0. The molecule has 158 valence electrons. The van der Waals surface area contributed by atoms with Crippen LogP contribution in [0.5, 0.6) is 0 Å². The van der Waals surface area contributed by atoms with Gasteiger partial charge in [-0.05, 0) is 75.2 Å². The Bertz CT molecular complexity index is 1210. The minimum Gasteiger partial charge on any atom is -0.306 e. The highest BCUT2D eigenvalue weighted by molar-refractivity contribution is 6.33. The third-order valence-electron chi connectivity index (χ3n) is 6.21. The van der Waals surface area contributed by atoms with E-state index in [4.69, 9.17) is 11.6 Å². The normalized spacial score (nSPS) is 22.0. The molecule has 0 atom stereocenters. The Morgan fingerprint density at radius 2 is 1.94 bits per heavy atom. The number of aryl methyl sites for hydroxylation is 1. The highest BCUT2D eigenvalue weighted by Crippen LogP contribution is 2.31. The van der Waals surface area contributed by atoms with Crippen LogP contribution in [0.25, 0.3) is 11.2 Å². The van der Waals surface area contributed by atoms with E-state index in [-0.39, 0.29) is 5.91 Å². The van der Waals surface area contributed by atoms with Crippen LogP contribution in [0.3, 0.4) is 0 Å². The fraction of sp³-hybridized carbons (Fsp3) is 0.280. The molecule has 1 amide bonds. The summed E-state index contributed by atoms with van der Waals surface area (Å²) in [5.41, 5.74) is 5.43. The van der Waals surface area contributed by atoms with Gasteiger partial charge in [0.25, 0.3) is 5.91 Å². The molecule has 6 heteroatoms. The molecule has 1 fully saturated rings. The number of allylic oxidation sites excluding steroid dienone is 7. The van der Waals surface area contributed by atoms with Crippen molar-refractivity contribution in [2.75, 3.05) is 20.1 Å². The average molecular weight is 433 g/mol. The molecule has 0 bridgehead atoms. The van der Waals surface area contributed by atoms with Crippen LogP contribution in [0.2, 0.25) is 5.02 Å². The molecule has 0 spiro atoms. The number of amides is 1. The summed E-state index contributed by atoms with van der Waals surface area (Å²) in [7, 11) is 2.16. The molecule has 5 nitrogen and oxygen atoms in total. The lowest BCUT2D eigenvalue weighted by Gasteiger charge is -2.32. The van der Waals surface area contributed by atoms with Crippen LogP contribution >= 0.6 is 11.6 Å². The summed E-state index contributed by atoms with van der Waals surface area (Å²) >= 11 is 6.47. The number of hydrogen-bond donors (Lipinski definition) is 0. The van der Waals surface area contributed by atoms with E-state index in [0.717, 1.165) is 54.1 Å². The van der Waals surface area contributed by atoms with Crippen molar-refractivity contribution in [3.8, 4) is 0 Å². The summed E-state index contributed by atoms with van der Waals surface area (Å²) in [5, 5.41) is 0.566. The van der Waals surface area contributed by atoms with Crippen LogP contribution < -0.4 is 0 Å². The SMILES string of the molecule is Cc1cn2cc(C3=CC(=O)N4C=C(C5CCN(C)CC5)C=C/C4=C\C=C3)cc(Cl)c2n1.